The van der Waals surface area contributed by atoms with Gasteiger partial charge in [0, 0.05) is 105 Å². The zero-order valence-electron chi connectivity index (χ0n) is 56.1. The smallest absolute Gasteiger partial charge is 0.169 e. The summed E-state index contributed by atoms with van der Waals surface area (Å²) in [5.74, 6) is 6.24. The first kappa shape index (κ1) is 68.7. The van der Waals surface area contributed by atoms with E-state index in [-0.39, 0.29) is 72.8 Å². The Labute approximate surface area is 502 Å². The Morgan fingerprint density at radius 1 is 0.329 bits per heavy atom. The van der Waals surface area contributed by atoms with Gasteiger partial charge in [0.05, 0.1) is 26.4 Å². The zero-order valence-corrected chi connectivity index (χ0v) is 56.1. The molecule has 4 aliphatic rings. The van der Waals surface area contributed by atoms with E-state index in [9.17, 15) is 0 Å². The molecule has 2 aromatic carbocycles. The molecular weight excluding hydrogens is 1020 g/mol. The van der Waals surface area contributed by atoms with Gasteiger partial charge in [-0.3, -0.25) is 19.4 Å². The van der Waals surface area contributed by atoms with Crippen LogP contribution < -0.4 is 18.9 Å². The molecule has 0 spiro atoms. The number of ether oxygens (including phenoxy) is 4. The fraction of sp³-hybridized carbons (Fsp3) is 0.857. The van der Waals surface area contributed by atoms with Gasteiger partial charge in [0.2, 0.25) is 0 Å². The maximum atomic E-state index is 7.76. The van der Waals surface area contributed by atoms with Crippen LogP contribution in [0.3, 0.4) is 0 Å². The summed E-state index contributed by atoms with van der Waals surface area (Å²) in [5, 5.41) is 11.6. The molecule has 12 nitrogen and oxygen atoms in total. The third-order valence-corrected chi connectivity index (χ3v) is 18.9. The molecule has 82 heavy (non-hydrogen) atoms. The van der Waals surface area contributed by atoms with Crippen molar-refractivity contribution in [3.63, 3.8) is 0 Å². The molecule has 0 amide bonds. The zero-order chi connectivity index (χ0) is 59.9. The molecule has 4 saturated heterocycles. The van der Waals surface area contributed by atoms with Gasteiger partial charge in [-0.2, -0.15) is 20.3 Å². The molecule has 4 heterocycles. The second kappa shape index (κ2) is 33.1. The third kappa shape index (κ3) is 18.1. The van der Waals surface area contributed by atoms with Crippen LogP contribution in [-0.4, -0.2) is 119 Å². The normalized spacial score (nSPS) is 28.6. The van der Waals surface area contributed by atoms with Gasteiger partial charge in [-0.15, -0.1) is 0 Å². The first-order valence-corrected chi connectivity index (χ1v) is 34.0. The van der Waals surface area contributed by atoms with Crippen LogP contribution in [0.4, 0.5) is 0 Å². The molecule has 0 aromatic heterocycles. The Morgan fingerprint density at radius 3 is 0.829 bits per heavy atom. The predicted molar refractivity (Wildman–Crippen MR) is 338 cm³/mol. The first-order valence-electron chi connectivity index (χ1n) is 34.0. The number of piperidine rings is 4. The highest BCUT2D eigenvalue weighted by Gasteiger charge is 2.46. The van der Waals surface area contributed by atoms with Crippen LogP contribution in [0.5, 0.6) is 23.0 Å². The Kier molecular flexibility index (Phi) is 27.7. The highest BCUT2D eigenvalue weighted by Crippen LogP contribution is 2.48. The molecule has 8 atom stereocenters. The number of hydroxylamine groups is 8. The highest BCUT2D eigenvalue weighted by atomic mass is 16.7. The molecule has 0 N–H and O–H groups in total. The van der Waals surface area contributed by atoms with Gasteiger partial charge in [0.15, 0.2) is 23.0 Å². The van der Waals surface area contributed by atoms with Crippen molar-refractivity contribution in [3.05, 3.63) is 24.3 Å². The van der Waals surface area contributed by atoms with Crippen LogP contribution in [0.2, 0.25) is 0 Å². The fourth-order valence-electron chi connectivity index (χ4n) is 13.7. The van der Waals surface area contributed by atoms with Crippen LogP contribution in [0, 0.1) is 47.3 Å². The second-order valence-corrected chi connectivity index (χ2v) is 28.4. The Balaban J connectivity index is 1.52. The van der Waals surface area contributed by atoms with Gasteiger partial charge in [-0.25, -0.2) is 0 Å². The van der Waals surface area contributed by atoms with E-state index >= 15 is 0 Å². The van der Waals surface area contributed by atoms with Crippen LogP contribution >= 0.6 is 0 Å². The number of nitrogens with zero attached hydrogens (tertiary/aromatic N) is 4. The first-order chi connectivity index (χ1) is 39.1. The van der Waals surface area contributed by atoms with Gasteiger partial charge >= 0.3 is 0 Å². The van der Waals surface area contributed by atoms with Crippen molar-refractivity contribution < 1.29 is 38.3 Å². The van der Waals surface area contributed by atoms with Crippen LogP contribution in [0.25, 0.3) is 10.8 Å². The van der Waals surface area contributed by atoms with Crippen molar-refractivity contribution in [1.29, 1.82) is 0 Å². The summed E-state index contributed by atoms with van der Waals surface area (Å²) in [6, 6.07) is 10.7. The molecule has 0 bridgehead atoms. The average Bonchev–Trinajstić information content (AvgIpc) is 3.62. The summed E-state index contributed by atoms with van der Waals surface area (Å²) in [4.78, 5) is 26.9. The number of benzene rings is 2. The molecule has 8 unspecified atom stereocenters. The van der Waals surface area contributed by atoms with Gasteiger partial charge in [-0.05, 0) is 96.6 Å². The number of unbranched alkanes of at least 4 members (excludes halogenated alkanes) is 4. The van der Waals surface area contributed by atoms with Crippen molar-refractivity contribution in [3.8, 4) is 23.0 Å². The molecule has 2 aromatic rings. The summed E-state index contributed by atoms with van der Waals surface area (Å²) in [7, 11) is 0. The number of rotatable bonds is 32. The molecule has 472 valence electrons. The van der Waals surface area contributed by atoms with E-state index in [1.165, 1.54) is 0 Å². The monoisotopic (exact) mass is 1150 g/mol. The van der Waals surface area contributed by atoms with E-state index in [1.807, 2.05) is 0 Å². The molecule has 12 heteroatoms. The molecule has 0 aliphatic carbocycles. The average molecular weight is 1150 g/mol. The van der Waals surface area contributed by atoms with Crippen LogP contribution in [-0.2, 0) is 19.4 Å². The third-order valence-electron chi connectivity index (χ3n) is 18.9. The molecular formula is C70H124N4O8. The van der Waals surface area contributed by atoms with Gasteiger partial charge in [0.1, 0.15) is 24.4 Å². The Bertz CT molecular complexity index is 2010. The van der Waals surface area contributed by atoms with E-state index in [1.54, 1.807) is 0 Å². The van der Waals surface area contributed by atoms with Crippen molar-refractivity contribution in [2.24, 2.45) is 47.3 Å². The van der Waals surface area contributed by atoms with Gasteiger partial charge < -0.3 is 18.9 Å². The SMILES string of the molecule is CCCCON1C(C(C)C)CC(Oc2cc3ccc(OC4CC(C(C)C)N(OCCCC)C(C(C)C)C4)c(OC4CC(C(C)C)N(OCCCC)C(C(C)C)C4)c3cc2OC2CC(C(C)C)N(OCCCC)C(C(C)C)C2)CC1C(C)C. The summed E-state index contributed by atoms with van der Waals surface area (Å²) in [5.41, 5.74) is 0. The lowest BCUT2D eigenvalue weighted by Gasteiger charge is -2.48. The number of hydrogen-bond donors (Lipinski definition) is 0. The highest BCUT2D eigenvalue weighted by molar-refractivity contribution is 5.93. The van der Waals surface area contributed by atoms with E-state index in [0.717, 1.165) is 163 Å². The Hall–Kier alpha value is -2.42. The van der Waals surface area contributed by atoms with Crippen molar-refractivity contribution in [1.82, 2.24) is 20.3 Å². The van der Waals surface area contributed by atoms with E-state index in [4.69, 9.17) is 38.3 Å². The van der Waals surface area contributed by atoms with Crippen molar-refractivity contribution >= 4 is 10.8 Å². The summed E-state index contributed by atoms with van der Waals surface area (Å²) >= 11 is 0. The van der Waals surface area contributed by atoms with E-state index in [0.29, 0.717) is 47.3 Å². The lowest BCUT2D eigenvalue weighted by atomic mass is 9.84. The predicted octanol–water partition coefficient (Wildman–Crippen LogP) is 17.3. The molecule has 0 radical (unpaired) electrons. The minimum Gasteiger partial charge on any atom is -0.486 e. The molecule has 6 rings (SSSR count). The van der Waals surface area contributed by atoms with Gasteiger partial charge in [0.25, 0.3) is 0 Å². The fourth-order valence-corrected chi connectivity index (χ4v) is 13.7. The Morgan fingerprint density at radius 2 is 0.573 bits per heavy atom. The minimum absolute atomic E-state index is 0.0325. The minimum atomic E-state index is -0.0685. The van der Waals surface area contributed by atoms with E-state index in [2.05, 4.69) is 183 Å². The molecule has 0 saturated carbocycles. The van der Waals surface area contributed by atoms with Crippen molar-refractivity contribution in [2.45, 2.75) is 314 Å². The number of hydrogen-bond acceptors (Lipinski definition) is 12. The molecule has 4 fully saturated rings. The second-order valence-electron chi connectivity index (χ2n) is 28.4. The largest absolute Gasteiger partial charge is 0.486 e. The lowest BCUT2D eigenvalue weighted by molar-refractivity contribution is -0.253. The van der Waals surface area contributed by atoms with Crippen LogP contribution in [0.15, 0.2) is 24.3 Å². The summed E-state index contributed by atoms with van der Waals surface area (Å²) in [6.45, 7) is 49.4. The van der Waals surface area contributed by atoms with Gasteiger partial charge in [-0.1, -0.05) is 170 Å². The standard InChI is InChI=1S/C70H124N4O8/c1-21-25-31-75-71-59(45(5)6)36-54(37-60(71)46(7)8)79-67-30-29-53-35-68(80-55-38-61(47(9)10)72(76-32-26-22-2)62(39-55)48(11)12)69(81-56-40-63(49(13)14)73(77-33-27-23-3)64(41-56)50(15)16)44-58(53)70(67)82-57-42-65(51(17)18)74(78-34-28-24-4)66(43-57)52(19)20/h29-30,35,44-52,54-57,59-66H,21-28,31-34,36-43H2,1-20H3. The topological polar surface area (TPSA) is 86.8 Å². The van der Waals surface area contributed by atoms with Crippen LogP contribution in [0.1, 0.15) is 241 Å². The summed E-state index contributed by atoms with van der Waals surface area (Å²) in [6.07, 6.45) is 15.3. The lowest BCUT2D eigenvalue weighted by Crippen LogP contribution is -2.56. The number of fused-ring (bicyclic) bond motifs is 1. The van der Waals surface area contributed by atoms with E-state index < -0.39 is 0 Å². The molecule has 4 aliphatic heterocycles. The maximum Gasteiger partial charge on any atom is 0.169 e. The van der Waals surface area contributed by atoms with Crippen molar-refractivity contribution in [2.75, 3.05) is 26.4 Å². The quantitative estimate of drug-likeness (QED) is 0.0654. The summed E-state index contributed by atoms with van der Waals surface area (Å²) < 4.78 is 30.5. The maximum absolute atomic E-state index is 7.76.